The van der Waals surface area contributed by atoms with Crippen LogP contribution < -0.4 is 16.1 Å². The quantitative estimate of drug-likeness (QED) is 0.696. The van der Waals surface area contributed by atoms with Gasteiger partial charge < -0.3 is 9.47 Å². The summed E-state index contributed by atoms with van der Waals surface area (Å²) in [6, 6.07) is 9.85. The Bertz CT molecular complexity index is 1160. The number of carbonyl (C=O) groups is 1. The Balaban J connectivity index is 2.03. The molecule has 1 unspecified atom stereocenters. The van der Waals surface area contributed by atoms with E-state index in [1.165, 1.54) is 11.5 Å². The first-order valence-electron chi connectivity index (χ1n) is 8.90. The number of benzene rings is 1. The summed E-state index contributed by atoms with van der Waals surface area (Å²) < 4.78 is 4.21. The van der Waals surface area contributed by atoms with Crippen LogP contribution in [0.4, 0.5) is 11.6 Å². The number of hydrogen-bond donors (Lipinski definition) is 0. The average Bonchev–Trinajstić information content (AvgIpc) is 3.03. The predicted molar refractivity (Wildman–Crippen MR) is 103 cm³/mol. The van der Waals surface area contributed by atoms with E-state index in [0.717, 1.165) is 16.8 Å². The molecule has 1 aliphatic rings. The number of hydrogen-bond acceptors (Lipinski definition) is 5. The lowest BCUT2D eigenvalue weighted by Gasteiger charge is -2.32. The largest absolute Gasteiger partial charge is 0.332 e. The molecule has 2 aromatic heterocycles. The van der Waals surface area contributed by atoms with E-state index in [2.05, 4.69) is 16.8 Å². The number of ketones is 1. The van der Waals surface area contributed by atoms with E-state index in [4.69, 9.17) is 0 Å². The maximum atomic E-state index is 13.0. The lowest BCUT2D eigenvalue weighted by Crippen LogP contribution is -2.41. The molecule has 140 valence electrons. The third kappa shape index (κ3) is 2.68. The SMILES string of the molecule is CC(=O)Cn1c(=O)c2c(nc3n2CC(C)CN3c2ccccc2)n(C)c1=O. The van der Waals surface area contributed by atoms with Crippen molar-refractivity contribution >= 4 is 28.6 Å². The molecule has 0 radical (unpaired) electrons. The normalized spacial score (nSPS) is 16.6. The third-order valence-corrected chi connectivity index (χ3v) is 4.89. The highest BCUT2D eigenvalue weighted by atomic mass is 16.2. The maximum absolute atomic E-state index is 13.0. The minimum absolute atomic E-state index is 0.236. The molecule has 8 heteroatoms. The summed E-state index contributed by atoms with van der Waals surface area (Å²) in [6.07, 6.45) is 0. The molecule has 8 nitrogen and oxygen atoms in total. The van der Waals surface area contributed by atoms with Crippen LogP contribution in [0.1, 0.15) is 13.8 Å². The molecule has 0 aliphatic carbocycles. The summed E-state index contributed by atoms with van der Waals surface area (Å²) in [6.45, 7) is 4.63. The molecule has 27 heavy (non-hydrogen) atoms. The molecule has 1 aliphatic heterocycles. The van der Waals surface area contributed by atoms with Crippen LogP contribution in [0, 0.1) is 5.92 Å². The first-order valence-corrected chi connectivity index (χ1v) is 8.90. The van der Waals surface area contributed by atoms with E-state index in [-0.39, 0.29) is 18.2 Å². The van der Waals surface area contributed by atoms with E-state index in [9.17, 15) is 14.4 Å². The zero-order valence-electron chi connectivity index (χ0n) is 15.5. The van der Waals surface area contributed by atoms with Gasteiger partial charge in [-0.25, -0.2) is 4.79 Å². The summed E-state index contributed by atoms with van der Waals surface area (Å²) in [4.78, 5) is 43.9. The Morgan fingerprint density at radius 3 is 2.56 bits per heavy atom. The monoisotopic (exact) mass is 367 g/mol. The number of aromatic nitrogens is 4. The van der Waals surface area contributed by atoms with Gasteiger partial charge in [-0.05, 0) is 25.0 Å². The summed E-state index contributed by atoms with van der Waals surface area (Å²) in [5.74, 6) is 0.682. The van der Waals surface area contributed by atoms with Gasteiger partial charge in [-0.1, -0.05) is 25.1 Å². The lowest BCUT2D eigenvalue weighted by atomic mass is 10.1. The number of rotatable bonds is 3. The van der Waals surface area contributed by atoms with Crippen molar-refractivity contribution in [1.82, 2.24) is 18.7 Å². The summed E-state index contributed by atoms with van der Waals surface area (Å²) in [5.41, 5.74) is 0.687. The molecule has 1 atom stereocenters. The number of para-hydroxylation sites is 1. The maximum Gasteiger partial charge on any atom is 0.332 e. The van der Waals surface area contributed by atoms with E-state index in [1.54, 1.807) is 7.05 Å². The minimum atomic E-state index is -0.530. The van der Waals surface area contributed by atoms with Crippen molar-refractivity contribution in [3.05, 3.63) is 51.2 Å². The Kier molecular flexibility index (Phi) is 3.98. The highest BCUT2D eigenvalue weighted by molar-refractivity contribution is 5.78. The van der Waals surface area contributed by atoms with Crippen molar-refractivity contribution in [2.45, 2.75) is 26.9 Å². The van der Waals surface area contributed by atoms with Gasteiger partial charge in [-0.15, -0.1) is 0 Å². The molecule has 1 aromatic carbocycles. The number of anilines is 2. The van der Waals surface area contributed by atoms with Gasteiger partial charge in [0, 0.05) is 25.8 Å². The van der Waals surface area contributed by atoms with Crippen molar-refractivity contribution in [1.29, 1.82) is 0 Å². The molecule has 0 spiro atoms. The van der Waals surface area contributed by atoms with Crippen LogP contribution in [0.3, 0.4) is 0 Å². The smallest absolute Gasteiger partial charge is 0.312 e. The number of imidazole rings is 1. The van der Waals surface area contributed by atoms with Gasteiger partial charge >= 0.3 is 5.69 Å². The molecular formula is C19H21N5O3. The van der Waals surface area contributed by atoms with Gasteiger partial charge in [0.05, 0.1) is 6.54 Å². The molecule has 0 saturated heterocycles. The third-order valence-electron chi connectivity index (χ3n) is 4.89. The molecule has 0 fully saturated rings. The summed E-state index contributed by atoms with van der Waals surface area (Å²) in [5, 5.41) is 0. The molecule has 0 amide bonds. The fourth-order valence-electron chi connectivity index (χ4n) is 3.69. The molecule has 4 rings (SSSR count). The zero-order chi connectivity index (χ0) is 19.3. The van der Waals surface area contributed by atoms with Gasteiger partial charge in [0.1, 0.15) is 5.78 Å². The number of Topliss-reactive ketones (excluding diaryl/α,β-unsaturated/α-hetero) is 1. The fourth-order valence-corrected chi connectivity index (χ4v) is 3.69. The molecule has 0 N–H and O–H groups in total. The van der Waals surface area contributed by atoms with Crippen LogP contribution in [-0.2, 0) is 24.9 Å². The molecule has 3 heterocycles. The number of fused-ring (bicyclic) bond motifs is 3. The minimum Gasteiger partial charge on any atom is -0.312 e. The highest BCUT2D eigenvalue weighted by Gasteiger charge is 2.29. The fraction of sp³-hybridized carbons (Fsp3) is 0.368. The van der Waals surface area contributed by atoms with E-state index >= 15 is 0 Å². The standard InChI is InChI=1S/C19H21N5O3/c1-12-9-22(14-7-5-4-6-8-14)18-20-16-15(23(18)10-12)17(26)24(11-13(2)25)19(27)21(16)3/h4-8,12H,9-11H2,1-3H3. The van der Waals surface area contributed by atoms with E-state index < -0.39 is 11.2 Å². The van der Waals surface area contributed by atoms with Crippen LogP contribution in [-0.4, -0.2) is 31.0 Å². The summed E-state index contributed by atoms with van der Waals surface area (Å²) >= 11 is 0. The molecule has 0 bridgehead atoms. The Hall–Kier alpha value is -3.16. The van der Waals surface area contributed by atoms with Gasteiger partial charge in [-0.3, -0.25) is 18.7 Å². The number of nitrogens with zero attached hydrogens (tertiary/aromatic N) is 5. The molecule has 3 aromatic rings. The first kappa shape index (κ1) is 17.3. The highest BCUT2D eigenvalue weighted by Crippen LogP contribution is 2.32. The first-order chi connectivity index (χ1) is 12.9. The number of carbonyl (C=O) groups excluding carboxylic acids is 1. The van der Waals surface area contributed by atoms with Crippen LogP contribution >= 0.6 is 0 Å². The second-order valence-corrected chi connectivity index (χ2v) is 7.18. The van der Waals surface area contributed by atoms with Crippen molar-refractivity contribution < 1.29 is 4.79 Å². The molecule has 0 saturated carbocycles. The molecular weight excluding hydrogens is 346 g/mol. The van der Waals surface area contributed by atoms with Crippen LogP contribution in [0.25, 0.3) is 11.2 Å². The van der Waals surface area contributed by atoms with E-state index in [1.807, 2.05) is 34.9 Å². The Morgan fingerprint density at radius 1 is 1.19 bits per heavy atom. The van der Waals surface area contributed by atoms with Crippen LogP contribution in [0.2, 0.25) is 0 Å². The predicted octanol–water partition coefficient (Wildman–Crippen LogP) is 1.27. The van der Waals surface area contributed by atoms with Gasteiger partial charge in [0.25, 0.3) is 5.56 Å². The second kappa shape index (κ2) is 6.22. The van der Waals surface area contributed by atoms with Crippen LogP contribution in [0.5, 0.6) is 0 Å². The summed E-state index contributed by atoms with van der Waals surface area (Å²) in [7, 11) is 1.58. The second-order valence-electron chi connectivity index (χ2n) is 7.18. The van der Waals surface area contributed by atoms with Crippen molar-refractivity contribution in [3.63, 3.8) is 0 Å². The van der Waals surface area contributed by atoms with Gasteiger partial charge in [-0.2, -0.15) is 4.98 Å². The van der Waals surface area contributed by atoms with Gasteiger partial charge in [0.15, 0.2) is 11.2 Å². The van der Waals surface area contributed by atoms with Crippen LogP contribution in [0.15, 0.2) is 39.9 Å². The van der Waals surface area contributed by atoms with Crippen molar-refractivity contribution in [2.75, 3.05) is 11.4 Å². The zero-order valence-corrected chi connectivity index (χ0v) is 15.5. The topological polar surface area (TPSA) is 82.1 Å². The Morgan fingerprint density at radius 2 is 1.89 bits per heavy atom. The van der Waals surface area contributed by atoms with Crippen molar-refractivity contribution in [3.8, 4) is 0 Å². The van der Waals surface area contributed by atoms with Crippen molar-refractivity contribution in [2.24, 2.45) is 13.0 Å². The lowest BCUT2D eigenvalue weighted by molar-refractivity contribution is -0.117. The average molecular weight is 367 g/mol. The van der Waals surface area contributed by atoms with Gasteiger partial charge in [0.2, 0.25) is 5.95 Å². The number of aryl methyl sites for hydroxylation is 1. The Labute approximate surface area is 155 Å². The van der Waals surface area contributed by atoms with E-state index in [0.29, 0.717) is 23.7 Å².